The highest BCUT2D eigenvalue weighted by atomic mass is 32.1. The molecule has 2 nitrogen and oxygen atoms in total. The van der Waals surface area contributed by atoms with Crippen LogP contribution in [-0.2, 0) is 0 Å². The van der Waals surface area contributed by atoms with Crippen LogP contribution in [0.2, 0.25) is 0 Å². The first-order valence-corrected chi connectivity index (χ1v) is 6.95. The molecule has 1 aromatic rings. The van der Waals surface area contributed by atoms with Crippen LogP contribution in [0.4, 0.5) is 0 Å². The summed E-state index contributed by atoms with van der Waals surface area (Å²) in [5.74, 6) is 0.330. The summed E-state index contributed by atoms with van der Waals surface area (Å²) in [6.07, 6.45) is 2.61. The Morgan fingerprint density at radius 2 is 2.06 bits per heavy atom. The SMILES string of the molecule is Cc1ccc(C(C(C)CO)N2CCCC2)s1. The van der Waals surface area contributed by atoms with Gasteiger partial charge in [0.05, 0.1) is 0 Å². The molecule has 1 saturated heterocycles. The van der Waals surface area contributed by atoms with Crippen molar-refractivity contribution >= 4 is 11.3 Å². The van der Waals surface area contributed by atoms with Gasteiger partial charge in [0.25, 0.3) is 0 Å². The third-order valence-corrected chi connectivity index (χ3v) is 4.49. The van der Waals surface area contributed by atoms with Gasteiger partial charge in [-0.2, -0.15) is 0 Å². The summed E-state index contributed by atoms with van der Waals surface area (Å²) in [6, 6.07) is 4.84. The highest BCUT2D eigenvalue weighted by molar-refractivity contribution is 7.12. The van der Waals surface area contributed by atoms with Crippen molar-refractivity contribution in [3.8, 4) is 0 Å². The second kappa shape index (κ2) is 5.30. The Morgan fingerprint density at radius 3 is 2.56 bits per heavy atom. The molecule has 1 aliphatic rings. The van der Waals surface area contributed by atoms with Gasteiger partial charge in [0.15, 0.2) is 0 Å². The second-order valence-corrected chi connectivity index (χ2v) is 6.12. The Labute approximate surface area is 102 Å². The molecule has 2 unspecified atom stereocenters. The molecular weight excluding hydrogens is 218 g/mol. The maximum atomic E-state index is 9.41. The number of rotatable bonds is 4. The summed E-state index contributed by atoms with van der Waals surface area (Å²) in [5.41, 5.74) is 0. The van der Waals surface area contributed by atoms with E-state index in [1.165, 1.54) is 35.7 Å². The standard InChI is InChI=1S/C13H21NOS/c1-10(9-15)13(14-7-3-4-8-14)12-6-5-11(2)16-12/h5-6,10,13,15H,3-4,7-9H2,1-2H3. The molecule has 0 saturated carbocycles. The molecule has 0 amide bonds. The van der Waals surface area contributed by atoms with Crippen LogP contribution in [0.3, 0.4) is 0 Å². The fraction of sp³-hybridized carbons (Fsp3) is 0.692. The average molecular weight is 239 g/mol. The first-order chi connectivity index (χ1) is 7.72. The molecule has 0 spiro atoms. The zero-order valence-corrected chi connectivity index (χ0v) is 11.0. The van der Waals surface area contributed by atoms with E-state index in [0.29, 0.717) is 12.0 Å². The van der Waals surface area contributed by atoms with Gasteiger partial charge in [-0.15, -0.1) is 11.3 Å². The van der Waals surface area contributed by atoms with Gasteiger partial charge in [-0.1, -0.05) is 6.92 Å². The van der Waals surface area contributed by atoms with Gasteiger partial charge in [0.2, 0.25) is 0 Å². The van der Waals surface area contributed by atoms with E-state index in [1.807, 2.05) is 11.3 Å². The van der Waals surface area contributed by atoms with Crippen LogP contribution >= 0.6 is 11.3 Å². The van der Waals surface area contributed by atoms with Crippen molar-refractivity contribution in [3.05, 3.63) is 21.9 Å². The molecule has 3 heteroatoms. The molecule has 2 heterocycles. The monoisotopic (exact) mass is 239 g/mol. The molecule has 0 aromatic carbocycles. The first-order valence-electron chi connectivity index (χ1n) is 6.13. The van der Waals surface area contributed by atoms with Crippen LogP contribution in [0.25, 0.3) is 0 Å². The quantitative estimate of drug-likeness (QED) is 0.873. The highest BCUT2D eigenvalue weighted by Crippen LogP contribution is 2.35. The van der Waals surface area contributed by atoms with Gasteiger partial charge >= 0.3 is 0 Å². The molecule has 1 N–H and O–H groups in total. The van der Waals surface area contributed by atoms with Gasteiger partial charge in [0, 0.05) is 22.4 Å². The third kappa shape index (κ3) is 2.47. The number of nitrogens with zero attached hydrogens (tertiary/aromatic N) is 1. The van der Waals surface area contributed by atoms with Crippen LogP contribution in [0.15, 0.2) is 12.1 Å². The van der Waals surface area contributed by atoms with Gasteiger partial charge in [0.1, 0.15) is 0 Å². The minimum atomic E-state index is 0.276. The van der Waals surface area contributed by atoms with Gasteiger partial charge in [-0.3, -0.25) is 4.90 Å². The molecule has 0 radical (unpaired) electrons. The summed E-state index contributed by atoms with van der Waals surface area (Å²) >= 11 is 1.87. The van der Waals surface area contributed by atoms with Gasteiger partial charge in [-0.25, -0.2) is 0 Å². The van der Waals surface area contributed by atoms with E-state index in [0.717, 1.165) is 0 Å². The lowest BCUT2D eigenvalue weighted by atomic mass is 10.00. The topological polar surface area (TPSA) is 23.5 Å². The Balaban J connectivity index is 2.19. The number of likely N-dealkylation sites (tertiary alicyclic amines) is 1. The van der Waals surface area contributed by atoms with Crippen molar-refractivity contribution in [2.24, 2.45) is 5.92 Å². The van der Waals surface area contributed by atoms with Crippen molar-refractivity contribution < 1.29 is 5.11 Å². The van der Waals surface area contributed by atoms with E-state index in [-0.39, 0.29) is 6.61 Å². The van der Waals surface area contributed by atoms with Crippen molar-refractivity contribution in [1.29, 1.82) is 0 Å². The van der Waals surface area contributed by atoms with Crippen molar-refractivity contribution in [2.75, 3.05) is 19.7 Å². The molecule has 90 valence electrons. The maximum absolute atomic E-state index is 9.41. The Kier molecular flexibility index (Phi) is 4.00. The molecule has 1 aromatic heterocycles. The van der Waals surface area contributed by atoms with Crippen LogP contribution in [0.1, 0.15) is 35.6 Å². The summed E-state index contributed by atoms with van der Waals surface area (Å²) in [4.78, 5) is 5.32. The average Bonchev–Trinajstić information content (AvgIpc) is 2.91. The second-order valence-electron chi connectivity index (χ2n) is 4.80. The van der Waals surface area contributed by atoms with Crippen LogP contribution in [0, 0.1) is 12.8 Å². The minimum Gasteiger partial charge on any atom is -0.396 e. The van der Waals surface area contributed by atoms with E-state index in [4.69, 9.17) is 0 Å². The number of hydrogen-bond acceptors (Lipinski definition) is 3. The number of hydrogen-bond donors (Lipinski definition) is 1. The third-order valence-electron chi connectivity index (χ3n) is 3.41. The van der Waals surface area contributed by atoms with Crippen molar-refractivity contribution in [2.45, 2.75) is 32.7 Å². The lowest BCUT2D eigenvalue weighted by Crippen LogP contribution is -2.31. The first kappa shape index (κ1) is 12.1. The molecule has 0 bridgehead atoms. The Morgan fingerprint density at radius 1 is 1.38 bits per heavy atom. The lowest BCUT2D eigenvalue weighted by Gasteiger charge is -2.30. The molecule has 1 fully saturated rings. The van der Waals surface area contributed by atoms with E-state index in [1.54, 1.807) is 0 Å². The molecule has 16 heavy (non-hydrogen) atoms. The molecular formula is C13H21NOS. The molecule has 0 aliphatic carbocycles. The molecule has 1 aliphatic heterocycles. The van der Waals surface area contributed by atoms with Crippen molar-refractivity contribution in [1.82, 2.24) is 4.90 Å². The zero-order chi connectivity index (χ0) is 11.5. The maximum Gasteiger partial charge on any atom is 0.0488 e. The predicted octanol–water partition coefficient (Wildman–Crippen LogP) is 2.82. The van der Waals surface area contributed by atoms with Crippen molar-refractivity contribution in [3.63, 3.8) is 0 Å². The number of aliphatic hydroxyl groups is 1. The van der Waals surface area contributed by atoms with Gasteiger partial charge < -0.3 is 5.11 Å². The van der Waals surface area contributed by atoms with E-state index < -0.39 is 0 Å². The lowest BCUT2D eigenvalue weighted by molar-refractivity contribution is 0.128. The molecule has 2 atom stereocenters. The summed E-state index contributed by atoms with van der Waals surface area (Å²) in [6.45, 7) is 6.95. The fourth-order valence-electron chi connectivity index (χ4n) is 2.55. The Hall–Kier alpha value is -0.380. The predicted molar refractivity (Wildman–Crippen MR) is 68.9 cm³/mol. The fourth-order valence-corrected chi connectivity index (χ4v) is 3.70. The van der Waals surface area contributed by atoms with Crippen LogP contribution < -0.4 is 0 Å². The summed E-state index contributed by atoms with van der Waals surface area (Å²) in [5, 5.41) is 9.41. The number of aryl methyl sites for hydroxylation is 1. The molecule has 2 rings (SSSR count). The zero-order valence-electron chi connectivity index (χ0n) is 10.1. The van der Waals surface area contributed by atoms with Gasteiger partial charge in [-0.05, 0) is 50.9 Å². The normalized spacial score (nSPS) is 21.2. The van der Waals surface area contributed by atoms with E-state index >= 15 is 0 Å². The smallest absolute Gasteiger partial charge is 0.0488 e. The number of aliphatic hydroxyl groups excluding tert-OH is 1. The largest absolute Gasteiger partial charge is 0.396 e. The van der Waals surface area contributed by atoms with E-state index in [2.05, 4.69) is 30.9 Å². The minimum absolute atomic E-state index is 0.276. The Bertz CT molecular complexity index is 330. The van der Waals surface area contributed by atoms with E-state index in [9.17, 15) is 5.11 Å². The summed E-state index contributed by atoms with van der Waals surface area (Å²) < 4.78 is 0. The summed E-state index contributed by atoms with van der Waals surface area (Å²) in [7, 11) is 0. The highest BCUT2D eigenvalue weighted by Gasteiger charge is 2.28. The van der Waals surface area contributed by atoms with Crippen LogP contribution in [-0.4, -0.2) is 29.7 Å². The van der Waals surface area contributed by atoms with Crippen LogP contribution in [0.5, 0.6) is 0 Å². The number of thiophene rings is 1.